The van der Waals surface area contributed by atoms with Crippen LogP contribution in [0.4, 0.5) is 16.2 Å². The van der Waals surface area contributed by atoms with Gasteiger partial charge < -0.3 is 29.5 Å². The van der Waals surface area contributed by atoms with Crippen LogP contribution in [0.15, 0.2) is 31.0 Å². The number of hydrogen-bond donors (Lipinski definition) is 1. The number of nitrogens with zero attached hydrogens (tertiary/aromatic N) is 3. The number of hydrogen-bond acceptors (Lipinski definition) is 6. The van der Waals surface area contributed by atoms with Gasteiger partial charge in [0, 0.05) is 40.7 Å². The largest absolute Gasteiger partial charge is 0.444 e. The van der Waals surface area contributed by atoms with Crippen molar-refractivity contribution in [1.29, 1.82) is 0 Å². The third-order valence-electron chi connectivity index (χ3n) is 6.23. The predicted molar refractivity (Wildman–Crippen MR) is 136 cm³/mol. The fourth-order valence-electron chi connectivity index (χ4n) is 4.26. The van der Waals surface area contributed by atoms with Crippen LogP contribution in [0, 0.1) is 0 Å². The summed E-state index contributed by atoms with van der Waals surface area (Å²) in [5.41, 5.74) is 2.51. The Bertz CT molecular complexity index is 872. The van der Waals surface area contributed by atoms with E-state index in [-0.39, 0.29) is 12.0 Å². The Labute approximate surface area is 203 Å². The first-order valence-electron chi connectivity index (χ1n) is 11.9. The van der Waals surface area contributed by atoms with Gasteiger partial charge in [-0.1, -0.05) is 12.6 Å². The normalized spacial score (nSPS) is 15.3. The van der Waals surface area contributed by atoms with Gasteiger partial charge in [0.25, 0.3) is 0 Å². The number of piperidine rings is 1. The molecule has 1 heterocycles. The lowest BCUT2D eigenvalue weighted by atomic mass is 9.89. The second kappa shape index (κ2) is 11.9. The zero-order valence-corrected chi connectivity index (χ0v) is 21.5. The highest BCUT2D eigenvalue weighted by atomic mass is 16.6. The highest BCUT2D eigenvalue weighted by Gasteiger charge is 2.29. The first-order valence-corrected chi connectivity index (χ1v) is 11.9. The molecule has 34 heavy (non-hydrogen) atoms. The first-order chi connectivity index (χ1) is 16.0. The zero-order chi connectivity index (χ0) is 25.5. The van der Waals surface area contributed by atoms with Crippen molar-refractivity contribution in [1.82, 2.24) is 10.2 Å². The molecule has 188 valence electrons. The van der Waals surface area contributed by atoms with Crippen LogP contribution in [-0.2, 0) is 14.3 Å². The quantitative estimate of drug-likeness (QED) is 0.549. The monoisotopic (exact) mass is 472 g/mol. The lowest BCUT2D eigenvalue weighted by Gasteiger charge is -2.35. The highest BCUT2D eigenvalue weighted by molar-refractivity contribution is 5.87. The molecule has 2 amide bonds. The molecule has 0 radical (unpaired) electrons. The van der Waals surface area contributed by atoms with E-state index in [1.807, 2.05) is 50.7 Å². The molecule has 0 aromatic heterocycles. The van der Waals surface area contributed by atoms with E-state index in [4.69, 9.17) is 4.74 Å². The predicted octanol–water partition coefficient (Wildman–Crippen LogP) is 3.91. The van der Waals surface area contributed by atoms with Crippen LogP contribution in [-0.4, -0.2) is 69.1 Å². The number of amides is 2. The Balaban J connectivity index is 2.24. The van der Waals surface area contributed by atoms with E-state index in [2.05, 4.69) is 24.0 Å². The Morgan fingerprint density at radius 1 is 1.24 bits per heavy atom. The number of likely N-dealkylation sites (N-methyl/N-ethyl adjacent to an activating group) is 2. The summed E-state index contributed by atoms with van der Waals surface area (Å²) >= 11 is 0. The fraction of sp³-hybridized carbons (Fsp3) is 0.577. The van der Waals surface area contributed by atoms with Gasteiger partial charge in [-0.3, -0.25) is 4.79 Å². The molecule has 1 atom stereocenters. The van der Waals surface area contributed by atoms with Gasteiger partial charge in [0.1, 0.15) is 17.9 Å². The number of ether oxygens (including phenoxy) is 1. The summed E-state index contributed by atoms with van der Waals surface area (Å²) < 4.78 is 5.51. The SMILES string of the molecule is C=CN(C)c1cc(C2CCN(C(=O)OC(C)(C)C)CC2)ccc1N(C)C(CCC=O)C(=O)NC. The van der Waals surface area contributed by atoms with E-state index < -0.39 is 11.6 Å². The van der Waals surface area contributed by atoms with Crippen LogP contribution in [0.1, 0.15) is 57.9 Å². The lowest BCUT2D eigenvalue weighted by molar-refractivity contribution is -0.122. The summed E-state index contributed by atoms with van der Waals surface area (Å²) in [6, 6.07) is 5.81. The Hall–Kier alpha value is -3.03. The van der Waals surface area contributed by atoms with E-state index >= 15 is 0 Å². The molecule has 8 heteroatoms. The topological polar surface area (TPSA) is 82.2 Å². The highest BCUT2D eigenvalue weighted by Crippen LogP contribution is 2.36. The Morgan fingerprint density at radius 3 is 2.41 bits per heavy atom. The van der Waals surface area contributed by atoms with Crippen molar-refractivity contribution < 1.29 is 19.1 Å². The molecule has 1 aromatic carbocycles. The maximum absolute atomic E-state index is 12.5. The molecule has 0 aliphatic carbocycles. The maximum atomic E-state index is 12.5. The summed E-state index contributed by atoms with van der Waals surface area (Å²) in [6.45, 7) is 10.8. The van der Waals surface area contributed by atoms with Crippen molar-refractivity contribution in [2.24, 2.45) is 0 Å². The number of carbonyl (C=O) groups is 3. The number of nitrogens with one attached hydrogen (secondary N) is 1. The van der Waals surface area contributed by atoms with Crippen LogP contribution in [0.5, 0.6) is 0 Å². The molecule has 1 aromatic rings. The van der Waals surface area contributed by atoms with Crippen LogP contribution in [0.25, 0.3) is 0 Å². The molecule has 0 bridgehead atoms. The minimum absolute atomic E-state index is 0.129. The average Bonchev–Trinajstić information content (AvgIpc) is 2.82. The third-order valence-corrected chi connectivity index (χ3v) is 6.23. The minimum Gasteiger partial charge on any atom is -0.444 e. The van der Waals surface area contributed by atoms with Crippen molar-refractivity contribution in [3.63, 3.8) is 0 Å². The molecule has 8 nitrogen and oxygen atoms in total. The molecular weight excluding hydrogens is 432 g/mol. The van der Waals surface area contributed by atoms with Crippen LogP contribution >= 0.6 is 0 Å². The third kappa shape index (κ3) is 6.98. The molecule has 1 aliphatic heterocycles. The molecule has 0 saturated carbocycles. The van der Waals surface area contributed by atoms with Crippen LogP contribution in [0.2, 0.25) is 0 Å². The summed E-state index contributed by atoms with van der Waals surface area (Å²) in [4.78, 5) is 41.5. The van der Waals surface area contributed by atoms with Crippen molar-refractivity contribution in [2.45, 2.75) is 64.0 Å². The van der Waals surface area contributed by atoms with Gasteiger partial charge in [-0.05, 0) is 69.8 Å². The van der Waals surface area contributed by atoms with Crippen LogP contribution < -0.4 is 15.1 Å². The smallest absolute Gasteiger partial charge is 0.410 e. The zero-order valence-electron chi connectivity index (χ0n) is 21.5. The second-order valence-corrected chi connectivity index (χ2v) is 9.77. The van der Waals surface area contributed by atoms with Crippen molar-refractivity contribution in [3.8, 4) is 0 Å². The van der Waals surface area contributed by atoms with E-state index in [1.54, 1.807) is 18.1 Å². The Kier molecular flexibility index (Phi) is 9.53. The lowest BCUT2D eigenvalue weighted by Crippen LogP contribution is -2.44. The molecule has 1 N–H and O–H groups in total. The van der Waals surface area contributed by atoms with Crippen molar-refractivity contribution in [2.75, 3.05) is 44.0 Å². The second-order valence-electron chi connectivity index (χ2n) is 9.77. The molecule has 1 unspecified atom stereocenters. The van der Waals surface area contributed by atoms with Gasteiger partial charge in [-0.2, -0.15) is 0 Å². The number of aldehydes is 1. The molecule has 1 fully saturated rings. The Morgan fingerprint density at radius 2 is 1.88 bits per heavy atom. The first kappa shape index (κ1) is 27.2. The number of likely N-dealkylation sites (tertiary alicyclic amines) is 1. The number of anilines is 2. The summed E-state index contributed by atoms with van der Waals surface area (Å²) in [5, 5.41) is 2.70. The number of rotatable bonds is 9. The molecule has 0 spiro atoms. The van der Waals surface area contributed by atoms with Gasteiger partial charge in [-0.15, -0.1) is 0 Å². The molecule has 1 aliphatic rings. The van der Waals surface area contributed by atoms with Crippen LogP contribution in [0.3, 0.4) is 0 Å². The molecule has 2 rings (SSSR count). The van der Waals surface area contributed by atoms with Crippen molar-refractivity contribution in [3.05, 3.63) is 36.5 Å². The van der Waals surface area contributed by atoms with Gasteiger partial charge in [0.15, 0.2) is 0 Å². The summed E-state index contributed by atoms with van der Waals surface area (Å²) in [5.74, 6) is 0.190. The van der Waals surface area contributed by atoms with E-state index in [0.717, 1.165) is 30.5 Å². The van der Waals surface area contributed by atoms with Gasteiger partial charge in [0.05, 0.1) is 11.4 Å². The van der Waals surface area contributed by atoms with Gasteiger partial charge >= 0.3 is 6.09 Å². The fourth-order valence-corrected chi connectivity index (χ4v) is 4.26. The van der Waals surface area contributed by atoms with Gasteiger partial charge in [0.2, 0.25) is 5.91 Å². The number of carbonyl (C=O) groups excluding carboxylic acids is 3. The van der Waals surface area contributed by atoms with E-state index in [9.17, 15) is 14.4 Å². The molecular formula is C26H40N4O4. The summed E-state index contributed by atoms with van der Waals surface area (Å²) in [6.07, 6.45) is 4.77. The van der Waals surface area contributed by atoms with Crippen molar-refractivity contribution >= 4 is 29.7 Å². The van der Waals surface area contributed by atoms with Gasteiger partial charge in [-0.25, -0.2) is 4.79 Å². The maximum Gasteiger partial charge on any atom is 0.410 e. The molecule has 1 saturated heterocycles. The minimum atomic E-state index is -0.502. The summed E-state index contributed by atoms with van der Waals surface area (Å²) in [7, 11) is 5.40. The van der Waals surface area contributed by atoms with E-state index in [0.29, 0.717) is 31.8 Å². The van der Waals surface area contributed by atoms with E-state index in [1.165, 1.54) is 5.56 Å². The average molecular weight is 473 g/mol. The number of benzene rings is 1. The standard InChI is InChI=1S/C26H40N4O4/c1-8-28(6)23-18-20(19-13-15-30(16-14-19)25(33)34-26(2,3)4)11-12-21(23)29(7)22(10-9-17-31)24(32)27-5/h8,11-12,17-19,22H,1,9-10,13-16H2,2-7H3,(H,27,32).